The summed E-state index contributed by atoms with van der Waals surface area (Å²) in [4.78, 5) is 24.9. The Morgan fingerprint density at radius 1 is 0.822 bits per heavy atom. The molecular formula is C37H47ClN4O3. The largest absolute Gasteiger partial charge is 0.493 e. The summed E-state index contributed by atoms with van der Waals surface area (Å²) < 4.78 is 11.9. The molecule has 1 atom stereocenters. The van der Waals surface area contributed by atoms with Gasteiger partial charge in [0.1, 0.15) is 0 Å². The standard InChI is InChI=1S/C37H47ClN4O3/c1-44-35-25-28-23-33-34(39-27-32-11-10-17-42(32)37(33)43)24-29(28)26-36(35)45-22-9-7-5-3-2-4-6-8-16-40-18-20-41(21-19-40)31-14-12-30(38)13-15-31/h12-15,23-27,32H,2-11,16-22H2,1H3/t32-/m0/s1. The zero-order valence-corrected chi connectivity index (χ0v) is 27.4. The molecule has 0 spiro atoms. The predicted octanol–water partition coefficient (Wildman–Crippen LogP) is 8.14. The number of anilines is 1. The molecule has 3 aromatic carbocycles. The molecule has 2 saturated heterocycles. The molecule has 0 aromatic heterocycles. The number of nitrogens with zero attached hydrogens (tertiary/aromatic N) is 4. The molecule has 3 aliphatic heterocycles. The molecule has 3 aromatic rings. The number of benzene rings is 3. The van der Waals surface area contributed by atoms with Crippen LogP contribution in [0.25, 0.3) is 10.8 Å². The Bertz CT molecular complexity index is 1470. The number of hydrogen-bond donors (Lipinski definition) is 0. The molecule has 45 heavy (non-hydrogen) atoms. The number of piperazine rings is 1. The lowest BCUT2D eigenvalue weighted by molar-refractivity contribution is 0.0775. The van der Waals surface area contributed by atoms with Crippen LogP contribution in [0.2, 0.25) is 5.02 Å². The third kappa shape index (κ3) is 7.93. The van der Waals surface area contributed by atoms with Crippen molar-refractivity contribution in [3.8, 4) is 11.5 Å². The molecule has 0 aliphatic carbocycles. The summed E-state index contributed by atoms with van der Waals surface area (Å²) in [5.41, 5.74) is 2.69. The Balaban J connectivity index is 0.858. The number of halogens is 1. The maximum Gasteiger partial charge on any atom is 0.256 e. The van der Waals surface area contributed by atoms with Crippen LogP contribution in [0.5, 0.6) is 11.5 Å². The number of hydrogen-bond acceptors (Lipinski definition) is 6. The molecular weight excluding hydrogens is 584 g/mol. The quantitative estimate of drug-likeness (QED) is 0.168. The molecule has 0 bridgehead atoms. The number of aliphatic imine (C=N–C) groups is 1. The first kappa shape index (κ1) is 31.7. The normalized spacial score (nSPS) is 18.3. The van der Waals surface area contributed by atoms with E-state index in [0.29, 0.717) is 17.9 Å². The first-order valence-corrected chi connectivity index (χ1v) is 17.3. The van der Waals surface area contributed by atoms with Crippen LogP contribution in [0.3, 0.4) is 0 Å². The van der Waals surface area contributed by atoms with Gasteiger partial charge >= 0.3 is 0 Å². The molecule has 3 aliphatic rings. The number of carbonyl (C=O) groups is 1. The fourth-order valence-corrected chi connectivity index (χ4v) is 7.05. The van der Waals surface area contributed by atoms with Crippen molar-refractivity contribution < 1.29 is 14.3 Å². The highest BCUT2D eigenvalue weighted by Gasteiger charge is 2.32. The van der Waals surface area contributed by atoms with Crippen molar-refractivity contribution in [2.45, 2.75) is 70.3 Å². The van der Waals surface area contributed by atoms with Crippen LogP contribution >= 0.6 is 11.6 Å². The average molecular weight is 631 g/mol. The van der Waals surface area contributed by atoms with Gasteiger partial charge in [0.15, 0.2) is 11.5 Å². The zero-order valence-electron chi connectivity index (χ0n) is 26.7. The van der Waals surface area contributed by atoms with Gasteiger partial charge in [-0.05, 0) is 91.5 Å². The maximum atomic E-state index is 13.2. The van der Waals surface area contributed by atoms with E-state index in [0.717, 1.165) is 79.2 Å². The van der Waals surface area contributed by atoms with Crippen molar-refractivity contribution in [1.29, 1.82) is 0 Å². The highest BCUT2D eigenvalue weighted by molar-refractivity contribution is 6.30. The fourth-order valence-electron chi connectivity index (χ4n) is 6.93. The Morgan fingerprint density at radius 3 is 2.27 bits per heavy atom. The van der Waals surface area contributed by atoms with Gasteiger partial charge in [-0.3, -0.25) is 14.7 Å². The second-order valence-corrected chi connectivity index (χ2v) is 13.1. The van der Waals surface area contributed by atoms with E-state index in [1.54, 1.807) is 7.11 Å². The number of rotatable bonds is 14. The first-order valence-electron chi connectivity index (χ1n) is 17.0. The van der Waals surface area contributed by atoms with E-state index < -0.39 is 0 Å². The van der Waals surface area contributed by atoms with Crippen LogP contribution in [0.1, 0.15) is 74.6 Å². The van der Waals surface area contributed by atoms with E-state index in [2.05, 4.69) is 21.9 Å². The number of amides is 1. The monoisotopic (exact) mass is 630 g/mol. The van der Waals surface area contributed by atoms with Crippen LogP contribution in [0.4, 0.5) is 11.4 Å². The predicted molar refractivity (Wildman–Crippen MR) is 185 cm³/mol. The smallest absolute Gasteiger partial charge is 0.256 e. The van der Waals surface area contributed by atoms with Crippen LogP contribution in [-0.4, -0.2) is 80.9 Å². The van der Waals surface area contributed by atoms with Gasteiger partial charge in [-0.2, -0.15) is 0 Å². The van der Waals surface area contributed by atoms with Crippen molar-refractivity contribution in [3.63, 3.8) is 0 Å². The average Bonchev–Trinajstić information content (AvgIpc) is 3.50. The minimum atomic E-state index is 0.0755. The van der Waals surface area contributed by atoms with E-state index in [-0.39, 0.29) is 11.9 Å². The molecule has 3 heterocycles. The molecule has 0 radical (unpaired) electrons. The number of carbonyl (C=O) groups excluding carboxylic acids is 1. The molecule has 8 heteroatoms. The van der Waals surface area contributed by atoms with Crippen molar-refractivity contribution >= 4 is 45.9 Å². The molecule has 0 unspecified atom stereocenters. The lowest BCUT2D eigenvalue weighted by Gasteiger charge is -2.36. The van der Waals surface area contributed by atoms with Gasteiger partial charge in [-0.15, -0.1) is 0 Å². The molecule has 7 nitrogen and oxygen atoms in total. The van der Waals surface area contributed by atoms with E-state index in [4.69, 9.17) is 26.1 Å². The lowest BCUT2D eigenvalue weighted by atomic mass is 10.0. The third-order valence-electron chi connectivity index (χ3n) is 9.60. The second kappa shape index (κ2) is 15.3. The highest BCUT2D eigenvalue weighted by atomic mass is 35.5. The lowest BCUT2D eigenvalue weighted by Crippen LogP contribution is -2.46. The SMILES string of the molecule is COc1cc2cc3c(cc2cc1OCCCCCCCCCCN1CCN(c2ccc(Cl)cc2)CC1)N=C[C@@H]1CCCN1C3=O. The van der Waals surface area contributed by atoms with E-state index in [1.807, 2.05) is 47.5 Å². The molecule has 6 rings (SSSR count). The minimum Gasteiger partial charge on any atom is -0.493 e. The molecule has 1 amide bonds. The summed E-state index contributed by atoms with van der Waals surface area (Å²) in [6, 6.07) is 16.3. The highest BCUT2D eigenvalue weighted by Crippen LogP contribution is 2.37. The van der Waals surface area contributed by atoms with E-state index in [1.165, 1.54) is 57.2 Å². The molecule has 2 fully saturated rings. The Kier molecular flexibility index (Phi) is 10.8. The van der Waals surface area contributed by atoms with Crippen LogP contribution < -0.4 is 14.4 Å². The van der Waals surface area contributed by atoms with Crippen molar-refractivity contribution in [2.75, 3.05) is 57.9 Å². The third-order valence-corrected chi connectivity index (χ3v) is 9.86. The van der Waals surface area contributed by atoms with Crippen LogP contribution in [0.15, 0.2) is 53.5 Å². The number of ether oxygens (including phenoxy) is 2. The van der Waals surface area contributed by atoms with Gasteiger partial charge in [-0.1, -0.05) is 50.1 Å². The van der Waals surface area contributed by atoms with Gasteiger partial charge in [0.05, 0.1) is 31.0 Å². The summed E-state index contributed by atoms with van der Waals surface area (Å²) in [7, 11) is 1.67. The molecule has 0 saturated carbocycles. The van der Waals surface area contributed by atoms with Crippen molar-refractivity contribution in [2.24, 2.45) is 4.99 Å². The second-order valence-electron chi connectivity index (χ2n) is 12.7. The summed E-state index contributed by atoms with van der Waals surface area (Å²) in [5, 5.41) is 2.78. The topological polar surface area (TPSA) is 57.6 Å². The van der Waals surface area contributed by atoms with E-state index >= 15 is 0 Å². The number of methoxy groups -OCH3 is 1. The Labute approximate surface area is 273 Å². The number of unbranched alkanes of at least 4 members (excludes halogenated alkanes) is 7. The minimum absolute atomic E-state index is 0.0755. The summed E-state index contributed by atoms with van der Waals surface area (Å²) >= 11 is 6.03. The fraction of sp³-hybridized carbons (Fsp3) is 0.514. The van der Waals surface area contributed by atoms with Gasteiger partial charge in [0.2, 0.25) is 0 Å². The Hall–Kier alpha value is -3.29. The first-order chi connectivity index (χ1) is 22.1. The summed E-state index contributed by atoms with van der Waals surface area (Å²) in [6.07, 6.45) is 14.0. The Morgan fingerprint density at radius 2 is 1.51 bits per heavy atom. The van der Waals surface area contributed by atoms with Gasteiger partial charge in [0.25, 0.3) is 5.91 Å². The van der Waals surface area contributed by atoms with Gasteiger partial charge < -0.3 is 19.3 Å². The summed E-state index contributed by atoms with van der Waals surface area (Å²) in [6.45, 7) is 7.17. The van der Waals surface area contributed by atoms with Gasteiger partial charge in [0, 0.05) is 49.6 Å². The van der Waals surface area contributed by atoms with E-state index in [9.17, 15) is 4.79 Å². The zero-order chi connectivity index (χ0) is 31.0. The van der Waals surface area contributed by atoms with Crippen molar-refractivity contribution in [3.05, 3.63) is 59.1 Å². The number of fused-ring (bicyclic) bond motifs is 3. The summed E-state index contributed by atoms with van der Waals surface area (Å²) in [5.74, 6) is 1.53. The van der Waals surface area contributed by atoms with Gasteiger partial charge in [-0.25, -0.2) is 0 Å². The molecule has 240 valence electrons. The van der Waals surface area contributed by atoms with Crippen LogP contribution in [-0.2, 0) is 0 Å². The van der Waals surface area contributed by atoms with Crippen molar-refractivity contribution in [1.82, 2.24) is 9.80 Å². The molecule has 0 N–H and O–H groups in total. The maximum absolute atomic E-state index is 13.2. The van der Waals surface area contributed by atoms with Crippen LogP contribution in [0, 0.1) is 0 Å².